The van der Waals surface area contributed by atoms with Crippen molar-refractivity contribution in [1.82, 2.24) is 0 Å². The third-order valence-electron chi connectivity index (χ3n) is 4.99. The fourth-order valence-corrected chi connectivity index (χ4v) is 2.64. The van der Waals surface area contributed by atoms with E-state index in [1.165, 1.54) is 0 Å². The summed E-state index contributed by atoms with van der Waals surface area (Å²) in [5.41, 5.74) is -1.10. The van der Waals surface area contributed by atoms with Crippen LogP contribution in [0.25, 0.3) is 0 Å². The molecule has 0 rings (SSSR count). The van der Waals surface area contributed by atoms with Gasteiger partial charge in [-0.2, -0.15) is 0 Å². The van der Waals surface area contributed by atoms with Gasteiger partial charge in [0.05, 0.1) is 25.0 Å². The standard InChI is InChI=1S/C26H44O9/c1-25(2,3)20(27)15-16-23(30)33-18-12-7-9-13-21(28)32-17-11-8-10-14-22(29)34-19-35-24(31)26(4,5)6/h7-19H2,1-6H3. The van der Waals surface area contributed by atoms with E-state index in [2.05, 4.69) is 0 Å². The molecule has 0 bridgehead atoms. The lowest BCUT2D eigenvalue weighted by Crippen LogP contribution is -2.24. The number of unbranched alkanes of at least 4 members (excludes halogenated alkanes) is 4. The summed E-state index contributed by atoms with van der Waals surface area (Å²) in [5.74, 6) is -1.49. The van der Waals surface area contributed by atoms with Gasteiger partial charge in [0.15, 0.2) is 0 Å². The summed E-state index contributed by atoms with van der Waals surface area (Å²) in [6, 6.07) is 0. The van der Waals surface area contributed by atoms with Crippen LogP contribution >= 0.6 is 0 Å². The summed E-state index contributed by atoms with van der Waals surface area (Å²) < 4.78 is 20.0. The smallest absolute Gasteiger partial charge is 0.314 e. The molecule has 0 aromatic heterocycles. The van der Waals surface area contributed by atoms with Crippen molar-refractivity contribution >= 4 is 29.7 Å². The number of rotatable bonds is 17. The zero-order chi connectivity index (χ0) is 26.9. The Morgan fingerprint density at radius 3 is 1.40 bits per heavy atom. The van der Waals surface area contributed by atoms with E-state index in [0.29, 0.717) is 45.1 Å². The van der Waals surface area contributed by atoms with Gasteiger partial charge in [-0.25, -0.2) is 0 Å². The molecule has 0 radical (unpaired) electrons. The summed E-state index contributed by atoms with van der Waals surface area (Å²) in [6.07, 6.45) is 4.75. The monoisotopic (exact) mass is 500 g/mol. The van der Waals surface area contributed by atoms with Crippen molar-refractivity contribution < 1.29 is 42.9 Å². The normalized spacial score (nSPS) is 11.5. The van der Waals surface area contributed by atoms with Gasteiger partial charge in [-0.05, 0) is 59.3 Å². The van der Waals surface area contributed by atoms with E-state index >= 15 is 0 Å². The SMILES string of the molecule is CC(C)(C)C(=O)CCC(=O)OCCCCCC(=O)OCCCCCC(=O)OCOC(=O)C(C)(C)C. The number of carbonyl (C=O) groups is 5. The highest BCUT2D eigenvalue weighted by molar-refractivity contribution is 5.86. The van der Waals surface area contributed by atoms with Crippen molar-refractivity contribution in [2.24, 2.45) is 10.8 Å². The van der Waals surface area contributed by atoms with Crippen LogP contribution in [0.4, 0.5) is 0 Å². The zero-order valence-corrected chi connectivity index (χ0v) is 22.4. The highest BCUT2D eigenvalue weighted by Crippen LogP contribution is 2.18. The zero-order valence-electron chi connectivity index (χ0n) is 22.4. The summed E-state index contributed by atoms with van der Waals surface area (Å²) in [4.78, 5) is 58.4. The molecular formula is C26H44O9. The van der Waals surface area contributed by atoms with Gasteiger partial charge >= 0.3 is 23.9 Å². The number of hydrogen-bond acceptors (Lipinski definition) is 9. The minimum absolute atomic E-state index is 0.0337. The molecule has 0 spiro atoms. The minimum atomic E-state index is -0.645. The molecule has 9 heteroatoms. The van der Waals surface area contributed by atoms with Gasteiger partial charge in [0, 0.05) is 24.7 Å². The lowest BCUT2D eigenvalue weighted by atomic mass is 9.88. The van der Waals surface area contributed by atoms with Gasteiger partial charge in [0.25, 0.3) is 0 Å². The van der Waals surface area contributed by atoms with Crippen molar-refractivity contribution in [3.05, 3.63) is 0 Å². The van der Waals surface area contributed by atoms with Gasteiger partial charge in [0.1, 0.15) is 5.78 Å². The molecule has 0 N–H and O–H groups in total. The minimum Gasteiger partial charge on any atom is -0.466 e. The molecule has 0 aliphatic heterocycles. The summed E-state index contributed by atoms with van der Waals surface area (Å²) in [5, 5.41) is 0. The molecule has 0 heterocycles. The Hall–Kier alpha value is -2.45. The molecule has 9 nitrogen and oxygen atoms in total. The molecule has 35 heavy (non-hydrogen) atoms. The third kappa shape index (κ3) is 18.5. The fraction of sp³-hybridized carbons (Fsp3) is 0.808. The predicted molar refractivity (Wildman–Crippen MR) is 129 cm³/mol. The quantitative estimate of drug-likeness (QED) is 0.121. The fourth-order valence-electron chi connectivity index (χ4n) is 2.64. The van der Waals surface area contributed by atoms with E-state index in [1.807, 2.05) is 20.8 Å². The predicted octanol–water partition coefficient (Wildman–Crippen LogP) is 4.68. The molecule has 0 aliphatic rings. The highest BCUT2D eigenvalue weighted by atomic mass is 16.7. The van der Waals surface area contributed by atoms with Crippen LogP contribution in [-0.2, 0) is 42.9 Å². The topological polar surface area (TPSA) is 122 Å². The van der Waals surface area contributed by atoms with Crippen molar-refractivity contribution in [2.75, 3.05) is 20.0 Å². The summed E-state index contributed by atoms with van der Waals surface area (Å²) in [7, 11) is 0. The molecular weight excluding hydrogens is 456 g/mol. The second-order valence-electron chi connectivity index (χ2n) is 10.6. The number of carbonyl (C=O) groups excluding carboxylic acids is 5. The largest absolute Gasteiger partial charge is 0.466 e. The Morgan fingerprint density at radius 2 is 0.943 bits per heavy atom. The first-order valence-electron chi connectivity index (χ1n) is 12.4. The maximum atomic E-state index is 11.8. The van der Waals surface area contributed by atoms with Crippen molar-refractivity contribution in [2.45, 2.75) is 106 Å². The third-order valence-corrected chi connectivity index (χ3v) is 4.99. The van der Waals surface area contributed by atoms with E-state index < -0.39 is 22.8 Å². The molecule has 0 amide bonds. The Balaban J connectivity index is 3.58. The average molecular weight is 501 g/mol. The molecule has 0 fully saturated rings. The molecule has 0 aliphatic carbocycles. The molecule has 0 aromatic rings. The maximum absolute atomic E-state index is 11.8. The maximum Gasteiger partial charge on any atom is 0.314 e. The molecule has 0 saturated carbocycles. The van der Waals surface area contributed by atoms with E-state index in [1.54, 1.807) is 20.8 Å². The Labute approximate surface area is 209 Å². The van der Waals surface area contributed by atoms with E-state index in [-0.39, 0.29) is 50.4 Å². The number of ether oxygens (including phenoxy) is 4. The second-order valence-corrected chi connectivity index (χ2v) is 10.6. The number of esters is 4. The number of ketones is 1. The van der Waals surface area contributed by atoms with Gasteiger partial charge in [-0.1, -0.05) is 20.8 Å². The molecule has 0 atom stereocenters. The Bertz CT molecular complexity index is 684. The van der Waals surface area contributed by atoms with Crippen LogP contribution in [0.3, 0.4) is 0 Å². The lowest BCUT2D eigenvalue weighted by Gasteiger charge is -2.16. The van der Waals surface area contributed by atoms with Crippen molar-refractivity contribution in [3.63, 3.8) is 0 Å². The van der Waals surface area contributed by atoms with Crippen LogP contribution in [0.5, 0.6) is 0 Å². The number of hydrogen-bond donors (Lipinski definition) is 0. The van der Waals surface area contributed by atoms with Crippen LogP contribution in [0, 0.1) is 10.8 Å². The van der Waals surface area contributed by atoms with Crippen LogP contribution in [0.15, 0.2) is 0 Å². The van der Waals surface area contributed by atoms with Crippen LogP contribution in [0.1, 0.15) is 106 Å². The van der Waals surface area contributed by atoms with Crippen LogP contribution < -0.4 is 0 Å². The summed E-state index contributed by atoms with van der Waals surface area (Å²) >= 11 is 0. The Kier molecular flexibility index (Phi) is 15.9. The van der Waals surface area contributed by atoms with E-state index in [9.17, 15) is 24.0 Å². The second kappa shape index (κ2) is 17.1. The first-order valence-corrected chi connectivity index (χ1v) is 12.4. The molecule has 0 aromatic carbocycles. The van der Waals surface area contributed by atoms with Gasteiger partial charge in [-0.15, -0.1) is 0 Å². The van der Waals surface area contributed by atoms with E-state index in [0.717, 1.165) is 6.42 Å². The van der Waals surface area contributed by atoms with Crippen LogP contribution in [0.2, 0.25) is 0 Å². The van der Waals surface area contributed by atoms with Crippen molar-refractivity contribution in [3.8, 4) is 0 Å². The Morgan fingerprint density at radius 1 is 0.486 bits per heavy atom. The van der Waals surface area contributed by atoms with Gasteiger partial charge < -0.3 is 18.9 Å². The highest BCUT2D eigenvalue weighted by Gasteiger charge is 2.23. The molecule has 202 valence electrons. The average Bonchev–Trinajstić information content (AvgIpc) is 2.75. The van der Waals surface area contributed by atoms with Gasteiger partial charge in [0.2, 0.25) is 6.79 Å². The molecule has 0 unspecified atom stereocenters. The number of Topliss-reactive ketones (excluding diaryl/α,β-unsaturated/α-hetero) is 1. The van der Waals surface area contributed by atoms with Gasteiger partial charge in [-0.3, -0.25) is 24.0 Å². The van der Waals surface area contributed by atoms with E-state index in [4.69, 9.17) is 18.9 Å². The molecule has 0 saturated heterocycles. The first kappa shape index (κ1) is 32.5. The van der Waals surface area contributed by atoms with Crippen molar-refractivity contribution in [1.29, 1.82) is 0 Å². The lowest BCUT2D eigenvalue weighted by molar-refractivity contribution is -0.173. The first-order chi connectivity index (χ1) is 16.2. The van der Waals surface area contributed by atoms with Crippen LogP contribution in [-0.4, -0.2) is 49.7 Å². The summed E-state index contributed by atoms with van der Waals surface area (Å²) in [6.45, 7) is 10.8.